The van der Waals surface area contributed by atoms with Gasteiger partial charge in [0.1, 0.15) is 5.82 Å². The lowest BCUT2D eigenvalue weighted by Crippen LogP contribution is -2.52. The highest BCUT2D eigenvalue weighted by molar-refractivity contribution is 5.99. The summed E-state index contributed by atoms with van der Waals surface area (Å²) in [6.07, 6.45) is 5.09. The summed E-state index contributed by atoms with van der Waals surface area (Å²) in [7, 11) is 0. The first-order valence-corrected chi connectivity index (χ1v) is 9.99. The minimum absolute atomic E-state index is 0.0272. The van der Waals surface area contributed by atoms with Gasteiger partial charge in [-0.2, -0.15) is 0 Å². The van der Waals surface area contributed by atoms with E-state index < -0.39 is 5.54 Å². The fourth-order valence-corrected chi connectivity index (χ4v) is 4.59. The van der Waals surface area contributed by atoms with Gasteiger partial charge in [0.2, 0.25) is 5.91 Å². The Balaban J connectivity index is 1.50. The van der Waals surface area contributed by atoms with Gasteiger partial charge in [-0.1, -0.05) is 55.7 Å². The molecule has 0 unspecified atom stereocenters. The molecule has 1 N–H and O–H groups in total. The summed E-state index contributed by atoms with van der Waals surface area (Å²) >= 11 is 0. The molecule has 1 aliphatic carbocycles. The first kappa shape index (κ1) is 18.7. The molecule has 1 heterocycles. The molecule has 146 valence electrons. The molecule has 2 aromatic rings. The van der Waals surface area contributed by atoms with Crippen LogP contribution in [0.2, 0.25) is 0 Å². The number of hydrogen-bond acceptors (Lipinski definition) is 2. The van der Waals surface area contributed by atoms with Crippen molar-refractivity contribution >= 4 is 11.8 Å². The van der Waals surface area contributed by atoms with Gasteiger partial charge in [-0.15, -0.1) is 0 Å². The minimum Gasteiger partial charge on any atom is -0.352 e. The van der Waals surface area contributed by atoms with E-state index >= 15 is 0 Å². The number of nitrogens with zero attached hydrogens (tertiary/aromatic N) is 1. The van der Waals surface area contributed by atoms with Crippen molar-refractivity contribution in [2.75, 3.05) is 0 Å². The van der Waals surface area contributed by atoms with Crippen LogP contribution in [-0.2, 0) is 17.9 Å². The van der Waals surface area contributed by atoms with Gasteiger partial charge in [0, 0.05) is 30.6 Å². The van der Waals surface area contributed by atoms with Crippen LogP contribution in [0.1, 0.15) is 60.0 Å². The number of benzene rings is 2. The SMILES string of the molecule is O=C(CC1(N2Cc3ccccc3C2=O)CCCCC1)NCc1ccccc1F. The Bertz CT molecular complexity index is 890. The van der Waals surface area contributed by atoms with Gasteiger partial charge in [-0.25, -0.2) is 4.39 Å². The van der Waals surface area contributed by atoms with Crippen molar-refractivity contribution in [1.29, 1.82) is 0 Å². The van der Waals surface area contributed by atoms with E-state index in [4.69, 9.17) is 0 Å². The van der Waals surface area contributed by atoms with Gasteiger partial charge < -0.3 is 10.2 Å². The highest BCUT2D eigenvalue weighted by atomic mass is 19.1. The van der Waals surface area contributed by atoms with Crippen LogP contribution >= 0.6 is 0 Å². The van der Waals surface area contributed by atoms with Crippen molar-refractivity contribution < 1.29 is 14.0 Å². The maximum Gasteiger partial charge on any atom is 0.254 e. The lowest BCUT2D eigenvalue weighted by atomic mass is 9.77. The van der Waals surface area contributed by atoms with Crippen molar-refractivity contribution in [2.24, 2.45) is 0 Å². The summed E-state index contributed by atoms with van der Waals surface area (Å²) in [5, 5.41) is 2.85. The molecule has 1 fully saturated rings. The van der Waals surface area contributed by atoms with Crippen LogP contribution in [-0.4, -0.2) is 22.3 Å². The molecular formula is C23H25FN2O2. The molecule has 0 spiro atoms. The fourth-order valence-electron chi connectivity index (χ4n) is 4.59. The third-order valence-corrected chi connectivity index (χ3v) is 6.10. The number of fused-ring (bicyclic) bond motifs is 1. The van der Waals surface area contributed by atoms with Gasteiger partial charge in [0.15, 0.2) is 0 Å². The number of hydrogen-bond donors (Lipinski definition) is 1. The molecule has 1 saturated carbocycles. The van der Waals surface area contributed by atoms with Crippen LogP contribution in [0.3, 0.4) is 0 Å². The van der Waals surface area contributed by atoms with Crippen molar-refractivity contribution in [3.05, 3.63) is 71.0 Å². The number of halogens is 1. The number of carbonyl (C=O) groups is 2. The topological polar surface area (TPSA) is 49.4 Å². The molecule has 5 heteroatoms. The lowest BCUT2D eigenvalue weighted by Gasteiger charge is -2.44. The first-order chi connectivity index (χ1) is 13.6. The van der Waals surface area contributed by atoms with Crippen LogP contribution < -0.4 is 5.32 Å². The zero-order valence-corrected chi connectivity index (χ0v) is 15.9. The summed E-state index contributed by atoms with van der Waals surface area (Å²) < 4.78 is 13.8. The quantitative estimate of drug-likeness (QED) is 0.846. The van der Waals surface area contributed by atoms with Crippen LogP contribution in [0.15, 0.2) is 48.5 Å². The van der Waals surface area contributed by atoms with Gasteiger partial charge >= 0.3 is 0 Å². The van der Waals surface area contributed by atoms with Gasteiger partial charge in [-0.3, -0.25) is 9.59 Å². The fraction of sp³-hybridized carbons (Fsp3) is 0.391. The predicted octanol–water partition coefficient (Wildman–Crippen LogP) is 4.19. The first-order valence-electron chi connectivity index (χ1n) is 9.99. The Kier molecular flexibility index (Phi) is 5.16. The summed E-state index contributed by atoms with van der Waals surface area (Å²) in [6, 6.07) is 14.1. The molecule has 2 aromatic carbocycles. The molecule has 1 aliphatic heterocycles. The molecule has 0 saturated heterocycles. The van der Waals surface area contributed by atoms with Crippen molar-refractivity contribution in [3.8, 4) is 0 Å². The Morgan fingerprint density at radius 1 is 1.04 bits per heavy atom. The van der Waals surface area contributed by atoms with Gasteiger partial charge in [0.25, 0.3) is 5.91 Å². The number of carbonyl (C=O) groups excluding carboxylic acids is 2. The average molecular weight is 380 g/mol. The molecule has 28 heavy (non-hydrogen) atoms. The van der Waals surface area contributed by atoms with E-state index in [0.29, 0.717) is 12.1 Å². The highest BCUT2D eigenvalue weighted by Crippen LogP contribution is 2.41. The third-order valence-electron chi connectivity index (χ3n) is 6.10. The second kappa shape index (κ2) is 7.74. The highest BCUT2D eigenvalue weighted by Gasteiger charge is 2.45. The minimum atomic E-state index is -0.451. The largest absolute Gasteiger partial charge is 0.352 e. The molecule has 2 amide bonds. The Morgan fingerprint density at radius 3 is 2.50 bits per heavy atom. The van der Waals surface area contributed by atoms with Crippen LogP contribution in [0.4, 0.5) is 4.39 Å². The summed E-state index contributed by atoms with van der Waals surface area (Å²) in [4.78, 5) is 27.7. The third kappa shape index (κ3) is 3.53. The van der Waals surface area contributed by atoms with Crippen molar-refractivity contribution in [1.82, 2.24) is 10.2 Å². The summed E-state index contributed by atoms with van der Waals surface area (Å²) in [5.41, 5.74) is 1.80. The average Bonchev–Trinajstić information content (AvgIpc) is 3.06. The second-order valence-corrected chi connectivity index (χ2v) is 7.88. The van der Waals surface area contributed by atoms with E-state index in [1.165, 1.54) is 6.07 Å². The van der Waals surface area contributed by atoms with E-state index in [9.17, 15) is 14.0 Å². The smallest absolute Gasteiger partial charge is 0.254 e. The molecule has 0 atom stereocenters. The zero-order chi connectivity index (χ0) is 19.6. The monoisotopic (exact) mass is 380 g/mol. The molecule has 2 aliphatic rings. The molecule has 4 rings (SSSR count). The summed E-state index contributed by atoms with van der Waals surface area (Å²) in [6.45, 7) is 0.728. The molecule has 0 aromatic heterocycles. The maximum atomic E-state index is 13.8. The number of nitrogens with one attached hydrogen (secondary N) is 1. The van der Waals surface area contributed by atoms with E-state index in [0.717, 1.165) is 43.2 Å². The van der Waals surface area contributed by atoms with Crippen molar-refractivity contribution in [2.45, 2.75) is 57.2 Å². The predicted molar refractivity (Wildman–Crippen MR) is 105 cm³/mol. The van der Waals surface area contributed by atoms with E-state index in [-0.39, 0.29) is 30.6 Å². The lowest BCUT2D eigenvalue weighted by molar-refractivity contribution is -0.124. The standard InChI is InChI=1S/C23H25FN2O2/c24-20-11-5-3-8-17(20)15-25-21(27)14-23(12-6-1-7-13-23)26-16-18-9-2-4-10-19(18)22(26)28/h2-5,8-11H,1,6-7,12-16H2,(H,25,27). The molecular weight excluding hydrogens is 355 g/mol. The molecule has 0 bridgehead atoms. The Labute approximate surface area is 164 Å². The van der Waals surface area contributed by atoms with E-state index in [1.54, 1.807) is 18.2 Å². The van der Waals surface area contributed by atoms with Gasteiger partial charge in [0.05, 0.1) is 5.54 Å². The number of amides is 2. The van der Waals surface area contributed by atoms with E-state index in [2.05, 4.69) is 5.32 Å². The summed E-state index contributed by atoms with van der Waals surface area (Å²) in [5.74, 6) is -0.423. The van der Waals surface area contributed by atoms with Gasteiger partial charge in [-0.05, 0) is 30.5 Å². The van der Waals surface area contributed by atoms with Crippen LogP contribution in [0.25, 0.3) is 0 Å². The Hall–Kier alpha value is -2.69. The van der Waals surface area contributed by atoms with E-state index in [1.807, 2.05) is 29.2 Å². The van der Waals surface area contributed by atoms with Crippen molar-refractivity contribution in [3.63, 3.8) is 0 Å². The van der Waals surface area contributed by atoms with Crippen LogP contribution in [0, 0.1) is 5.82 Å². The van der Waals surface area contributed by atoms with Crippen LogP contribution in [0.5, 0.6) is 0 Å². The zero-order valence-electron chi connectivity index (χ0n) is 15.9. The molecule has 0 radical (unpaired) electrons. The maximum absolute atomic E-state index is 13.8. The number of rotatable bonds is 5. The second-order valence-electron chi connectivity index (χ2n) is 7.88. The Morgan fingerprint density at radius 2 is 1.75 bits per heavy atom. The normalized spacial score (nSPS) is 18.0. The molecule has 4 nitrogen and oxygen atoms in total.